The van der Waals surface area contributed by atoms with Gasteiger partial charge < -0.3 is 10.4 Å². The van der Waals surface area contributed by atoms with Crippen molar-refractivity contribution < 1.29 is 5.11 Å². The number of halogens is 2. The molecule has 2 unspecified atom stereocenters. The first kappa shape index (κ1) is 15.5. The van der Waals surface area contributed by atoms with Gasteiger partial charge in [0.25, 0.3) is 0 Å². The van der Waals surface area contributed by atoms with Crippen LogP contribution >= 0.6 is 24.8 Å². The molecule has 0 amide bonds. The van der Waals surface area contributed by atoms with E-state index in [1.165, 1.54) is 25.8 Å². The molecule has 0 spiro atoms. The maximum Gasteiger partial charge on any atom is 0.0639 e. The highest BCUT2D eigenvalue weighted by molar-refractivity contribution is 5.85. The van der Waals surface area contributed by atoms with E-state index in [1.54, 1.807) is 0 Å². The Balaban J connectivity index is 0.000000980. The van der Waals surface area contributed by atoms with E-state index in [4.69, 9.17) is 0 Å². The second kappa shape index (κ2) is 6.92. The number of piperidine rings is 1. The highest BCUT2D eigenvalue weighted by Crippen LogP contribution is 2.24. The van der Waals surface area contributed by atoms with Gasteiger partial charge >= 0.3 is 0 Å². The average molecular weight is 257 g/mol. The number of nitrogens with zero attached hydrogens (tertiary/aromatic N) is 1. The standard InChI is InChI=1S/C10H20N2O.2ClH/c1-8(13)7-12-6-2-3-9-10(12)4-5-11-9;;/h8-11,13H,2-7H2,1H3;2*1H/t8-,9?,10?;;/m0../s1. The summed E-state index contributed by atoms with van der Waals surface area (Å²) in [5, 5.41) is 12.9. The number of aliphatic hydroxyl groups excluding tert-OH is 1. The van der Waals surface area contributed by atoms with Crippen molar-refractivity contribution in [2.24, 2.45) is 0 Å². The number of likely N-dealkylation sites (tertiary alicyclic amines) is 1. The van der Waals surface area contributed by atoms with Gasteiger partial charge in [-0.1, -0.05) is 0 Å². The van der Waals surface area contributed by atoms with Gasteiger partial charge in [-0.2, -0.15) is 0 Å². The van der Waals surface area contributed by atoms with Crippen molar-refractivity contribution in [1.29, 1.82) is 0 Å². The average Bonchev–Trinajstić information content (AvgIpc) is 2.51. The molecule has 0 aromatic rings. The molecule has 2 rings (SSSR count). The molecule has 2 aliphatic rings. The third-order valence-corrected chi connectivity index (χ3v) is 3.24. The molecule has 0 radical (unpaired) electrons. The molecule has 3 atom stereocenters. The molecular formula is C10H22Cl2N2O. The Labute approximate surface area is 104 Å². The lowest BCUT2D eigenvalue weighted by molar-refractivity contribution is 0.0726. The fourth-order valence-electron chi connectivity index (χ4n) is 2.73. The lowest BCUT2D eigenvalue weighted by Crippen LogP contribution is -2.50. The van der Waals surface area contributed by atoms with Crippen LogP contribution in [0.1, 0.15) is 26.2 Å². The highest BCUT2D eigenvalue weighted by Gasteiger charge is 2.34. The number of hydrogen-bond donors (Lipinski definition) is 2. The van der Waals surface area contributed by atoms with Crippen molar-refractivity contribution in [2.45, 2.75) is 44.4 Å². The minimum Gasteiger partial charge on any atom is -0.392 e. The Kier molecular flexibility index (Phi) is 7.13. The zero-order valence-corrected chi connectivity index (χ0v) is 10.8. The minimum atomic E-state index is -0.181. The van der Waals surface area contributed by atoms with Crippen LogP contribution in [0.5, 0.6) is 0 Å². The smallest absolute Gasteiger partial charge is 0.0639 e. The summed E-state index contributed by atoms with van der Waals surface area (Å²) >= 11 is 0. The molecule has 0 aromatic heterocycles. The van der Waals surface area contributed by atoms with Gasteiger partial charge in [0.2, 0.25) is 0 Å². The predicted octanol–water partition coefficient (Wildman–Crippen LogP) is 1.04. The number of aliphatic hydroxyl groups is 1. The van der Waals surface area contributed by atoms with E-state index in [1.807, 2.05) is 6.92 Å². The third kappa shape index (κ3) is 3.75. The molecular weight excluding hydrogens is 235 g/mol. The van der Waals surface area contributed by atoms with Crippen molar-refractivity contribution in [3.63, 3.8) is 0 Å². The van der Waals surface area contributed by atoms with Gasteiger partial charge in [0, 0.05) is 18.6 Å². The molecule has 0 aliphatic carbocycles. The third-order valence-electron chi connectivity index (χ3n) is 3.24. The van der Waals surface area contributed by atoms with Crippen LogP contribution in [0.3, 0.4) is 0 Å². The van der Waals surface area contributed by atoms with Crippen molar-refractivity contribution >= 4 is 24.8 Å². The van der Waals surface area contributed by atoms with Gasteiger partial charge in [-0.15, -0.1) is 24.8 Å². The first-order valence-electron chi connectivity index (χ1n) is 5.43. The Bertz CT molecular complexity index is 181. The van der Waals surface area contributed by atoms with Crippen LogP contribution in [0.4, 0.5) is 0 Å². The minimum absolute atomic E-state index is 0. The summed E-state index contributed by atoms with van der Waals surface area (Å²) in [6.45, 7) is 5.06. The zero-order chi connectivity index (χ0) is 9.26. The molecule has 0 aromatic carbocycles. The lowest BCUT2D eigenvalue weighted by atomic mass is 9.97. The summed E-state index contributed by atoms with van der Waals surface area (Å²) in [7, 11) is 0. The summed E-state index contributed by atoms with van der Waals surface area (Å²) in [6, 6.07) is 1.40. The molecule has 5 heteroatoms. The van der Waals surface area contributed by atoms with E-state index in [9.17, 15) is 5.11 Å². The van der Waals surface area contributed by atoms with E-state index in [2.05, 4.69) is 10.2 Å². The predicted molar refractivity (Wildman–Crippen MR) is 67.2 cm³/mol. The first-order valence-corrected chi connectivity index (χ1v) is 5.43. The topological polar surface area (TPSA) is 35.5 Å². The highest BCUT2D eigenvalue weighted by atomic mass is 35.5. The normalized spacial score (nSPS) is 32.4. The molecule has 2 fully saturated rings. The van der Waals surface area contributed by atoms with Gasteiger partial charge in [0.15, 0.2) is 0 Å². The zero-order valence-electron chi connectivity index (χ0n) is 9.19. The van der Waals surface area contributed by atoms with Crippen molar-refractivity contribution in [1.82, 2.24) is 10.2 Å². The number of hydrogen-bond acceptors (Lipinski definition) is 3. The molecule has 3 nitrogen and oxygen atoms in total. The SMILES string of the molecule is C[C@H](O)CN1CCCC2NCCC21.Cl.Cl. The van der Waals surface area contributed by atoms with Crippen molar-refractivity contribution in [3.8, 4) is 0 Å². The first-order chi connectivity index (χ1) is 6.27. The summed E-state index contributed by atoms with van der Waals surface area (Å²) in [4.78, 5) is 2.46. The van der Waals surface area contributed by atoms with Crippen LogP contribution in [0.2, 0.25) is 0 Å². The molecule has 2 heterocycles. The fraction of sp³-hybridized carbons (Fsp3) is 1.00. The number of β-amino-alcohol motifs (C(OH)–C–C–N with tert-alkyl or cyclic N) is 1. The van der Waals surface area contributed by atoms with E-state index in [0.717, 1.165) is 13.1 Å². The van der Waals surface area contributed by atoms with E-state index in [0.29, 0.717) is 12.1 Å². The Morgan fingerprint density at radius 2 is 2.13 bits per heavy atom. The van der Waals surface area contributed by atoms with E-state index < -0.39 is 0 Å². The van der Waals surface area contributed by atoms with Crippen molar-refractivity contribution in [2.75, 3.05) is 19.6 Å². The van der Waals surface area contributed by atoms with Crippen molar-refractivity contribution in [3.05, 3.63) is 0 Å². The Morgan fingerprint density at radius 3 is 2.80 bits per heavy atom. The van der Waals surface area contributed by atoms with Gasteiger partial charge in [-0.3, -0.25) is 4.90 Å². The molecule has 2 N–H and O–H groups in total. The van der Waals surface area contributed by atoms with E-state index in [-0.39, 0.29) is 30.9 Å². The van der Waals surface area contributed by atoms with Crippen LogP contribution in [0.15, 0.2) is 0 Å². The fourth-order valence-corrected chi connectivity index (χ4v) is 2.73. The quantitative estimate of drug-likeness (QED) is 0.775. The number of nitrogens with one attached hydrogen (secondary N) is 1. The van der Waals surface area contributed by atoms with Crippen LogP contribution in [-0.2, 0) is 0 Å². The second-order valence-electron chi connectivity index (χ2n) is 4.40. The van der Waals surface area contributed by atoms with Crippen LogP contribution < -0.4 is 5.32 Å². The molecule has 2 saturated heterocycles. The second-order valence-corrected chi connectivity index (χ2v) is 4.40. The lowest BCUT2D eigenvalue weighted by Gasteiger charge is -2.37. The maximum absolute atomic E-state index is 9.36. The molecule has 15 heavy (non-hydrogen) atoms. The van der Waals surface area contributed by atoms with Crippen LogP contribution in [0.25, 0.3) is 0 Å². The summed E-state index contributed by atoms with van der Waals surface area (Å²) < 4.78 is 0. The Hall–Kier alpha value is 0.460. The van der Waals surface area contributed by atoms with Gasteiger partial charge in [-0.25, -0.2) is 0 Å². The monoisotopic (exact) mass is 256 g/mol. The molecule has 0 saturated carbocycles. The van der Waals surface area contributed by atoms with Gasteiger partial charge in [0.05, 0.1) is 6.10 Å². The van der Waals surface area contributed by atoms with Crippen LogP contribution in [0, 0.1) is 0 Å². The van der Waals surface area contributed by atoms with E-state index >= 15 is 0 Å². The summed E-state index contributed by atoms with van der Waals surface area (Å²) in [5.74, 6) is 0. The summed E-state index contributed by atoms with van der Waals surface area (Å²) in [5.41, 5.74) is 0. The number of fused-ring (bicyclic) bond motifs is 1. The molecule has 0 bridgehead atoms. The summed E-state index contributed by atoms with van der Waals surface area (Å²) in [6.07, 6.45) is 3.68. The van der Waals surface area contributed by atoms with Gasteiger partial charge in [-0.05, 0) is 39.3 Å². The van der Waals surface area contributed by atoms with Gasteiger partial charge in [0.1, 0.15) is 0 Å². The number of rotatable bonds is 2. The Morgan fingerprint density at radius 1 is 1.40 bits per heavy atom. The van der Waals surface area contributed by atoms with Crippen LogP contribution in [-0.4, -0.2) is 47.8 Å². The molecule has 2 aliphatic heterocycles. The largest absolute Gasteiger partial charge is 0.392 e. The molecule has 92 valence electrons. The maximum atomic E-state index is 9.36.